The van der Waals surface area contributed by atoms with Crippen molar-refractivity contribution in [2.24, 2.45) is 0 Å². The Labute approximate surface area is 129 Å². The molecule has 120 valence electrons. The number of carboxylic acid groups (broad SMARTS) is 1. The molecule has 1 amide bonds. The van der Waals surface area contributed by atoms with E-state index in [-0.39, 0.29) is 10.6 Å². The van der Waals surface area contributed by atoms with Crippen molar-refractivity contribution in [2.75, 3.05) is 11.4 Å². The van der Waals surface area contributed by atoms with E-state index in [1.54, 1.807) is 36.4 Å². The van der Waals surface area contributed by atoms with E-state index in [2.05, 4.69) is 0 Å². The van der Waals surface area contributed by atoms with Gasteiger partial charge in [-0.05, 0) is 11.6 Å². The van der Waals surface area contributed by atoms with Gasteiger partial charge in [0.25, 0.3) is 0 Å². The maximum Gasteiger partial charge on any atom is 0.471 e. The summed E-state index contributed by atoms with van der Waals surface area (Å²) in [6.07, 6.45) is -5.17. The van der Waals surface area contributed by atoms with Gasteiger partial charge in [0.05, 0.1) is 5.69 Å². The smallest absolute Gasteiger partial charge is 0.471 e. The second-order valence-electron chi connectivity index (χ2n) is 4.67. The van der Waals surface area contributed by atoms with Gasteiger partial charge in [0, 0.05) is 5.56 Å². The van der Waals surface area contributed by atoms with Crippen LogP contribution in [0.2, 0.25) is 0 Å². The van der Waals surface area contributed by atoms with Gasteiger partial charge in [-0.25, -0.2) is 0 Å². The molecule has 0 unspecified atom stereocenters. The Morgan fingerprint density at radius 3 is 2.09 bits per heavy atom. The van der Waals surface area contributed by atoms with Crippen LogP contribution in [0.15, 0.2) is 54.6 Å². The highest BCUT2D eigenvalue weighted by Gasteiger charge is 2.44. The van der Waals surface area contributed by atoms with E-state index in [9.17, 15) is 22.8 Å². The molecular weight excluding hydrogens is 311 g/mol. The predicted octanol–water partition coefficient (Wildman–Crippen LogP) is 3.33. The Hall–Kier alpha value is -2.83. The molecule has 0 atom stereocenters. The van der Waals surface area contributed by atoms with Gasteiger partial charge in [-0.2, -0.15) is 13.2 Å². The number of nitrogens with zero attached hydrogens (tertiary/aromatic N) is 1. The minimum atomic E-state index is -5.17. The maximum atomic E-state index is 12.8. The van der Waals surface area contributed by atoms with Gasteiger partial charge in [-0.1, -0.05) is 48.5 Å². The van der Waals surface area contributed by atoms with E-state index in [0.717, 1.165) is 0 Å². The lowest BCUT2D eigenvalue weighted by molar-refractivity contribution is -0.170. The number of benzene rings is 2. The number of hydrogen-bond donors (Lipinski definition) is 1. The number of aliphatic carboxylic acids is 1. The number of rotatable bonds is 4. The highest BCUT2D eigenvalue weighted by molar-refractivity contribution is 6.03. The van der Waals surface area contributed by atoms with Crippen LogP contribution in [-0.2, 0) is 9.59 Å². The molecule has 2 aromatic carbocycles. The summed E-state index contributed by atoms with van der Waals surface area (Å²) in [5.74, 6) is -3.76. The molecule has 0 aliphatic rings. The van der Waals surface area contributed by atoms with Gasteiger partial charge in [0.2, 0.25) is 0 Å². The zero-order valence-corrected chi connectivity index (χ0v) is 11.7. The average Bonchev–Trinajstić information content (AvgIpc) is 2.52. The summed E-state index contributed by atoms with van der Waals surface area (Å²) in [7, 11) is 0. The van der Waals surface area contributed by atoms with Crippen molar-refractivity contribution in [3.05, 3.63) is 54.6 Å². The molecule has 0 aliphatic heterocycles. The lowest BCUT2D eigenvalue weighted by Gasteiger charge is -2.24. The van der Waals surface area contributed by atoms with Gasteiger partial charge in [-0.15, -0.1) is 0 Å². The summed E-state index contributed by atoms with van der Waals surface area (Å²) >= 11 is 0. The van der Waals surface area contributed by atoms with E-state index in [4.69, 9.17) is 5.11 Å². The van der Waals surface area contributed by atoms with Gasteiger partial charge >= 0.3 is 18.1 Å². The quantitative estimate of drug-likeness (QED) is 0.939. The molecule has 0 spiro atoms. The number of halogens is 3. The number of para-hydroxylation sites is 1. The van der Waals surface area contributed by atoms with Gasteiger partial charge in [-0.3, -0.25) is 14.5 Å². The molecule has 23 heavy (non-hydrogen) atoms. The fourth-order valence-electron chi connectivity index (χ4n) is 2.13. The number of amides is 1. The van der Waals surface area contributed by atoms with Crippen molar-refractivity contribution >= 4 is 17.6 Å². The second-order valence-corrected chi connectivity index (χ2v) is 4.67. The topological polar surface area (TPSA) is 57.6 Å². The highest BCUT2D eigenvalue weighted by Crippen LogP contribution is 2.33. The van der Waals surface area contributed by atoms with E-state index in [1.165, 1.54) is 18.2 Å². The first-order valence-corrected chi connectivity index (χ1v) is 6.55. The molecule has 1 N–H and O–H groups in total. The van der Waals surface area contributed by atoms with Crippen molar-refractivity contribution in [2.45, 2.75) is 6.18 Å². The minimum Gasteiger partial charge on any atom is -0.480 e. The van der Waals surface area contributed by atoms with Crippen molar-refractivity contribution in [1.82, 2.24) is 0 Å². The first-order valence-electron chi connectivity index (χ1n) is 6.55. The van der Waals surface area contributed by atoms with Crippen molar-refractivity contribution in [3.8, 4) is 11.1 Å². The van der Waals surface area contributed by atoms with E-state index in [0.29, 0.717) is 11.1 Å². The maximum absolute atomic E-state index is 12.8. The molecular formula is C16H12F3NO3. The molecule has 0 bridgehead atoms. The Morgan fingerprint density at radius 1 is 0.957 bits per heavy atom. The molecule has 7 heteroatoms. The fraction of sp³-hybridized carbons (Fsp3) is 0.125. The Bertz CT molecular complexity index is 714. The third-order valence-electron chi connectivity index (χ3n) is 3.06. The largest absolute Gasteiger partial charge is 0.480 e. The fourth-order valence-corrected chi connectivity index (χ4v) is 2.13. The zero-order valence-electron chi connectivity index (χ0n) is 11.7. The van der Waals surface area contributed by atoms with Crippen molar-refractivity contribution in [3.63, 3.8) is 0 Å². The number of carbonyl (C=O) groups is 2. The van der Waals surface area contributed by atoms with Crippen LogP contribution in [0.3, 0.4) is 0 Å². The van der Waals surface area contributed by atoms with Crippen molar-refractivity contribution in [1.29, 1.82) is 0 Å². The number of carboxylic acids is 1. The van der Waals surface area contributed by atoms with E-state index < -0.39 is 24.6 Å². The average molecular weight is 323 g/mol. The number of hydrogen-bond acceptors (Lipinski definition) is 2. The molecule has 0 radical (unpaired) electrons. The summed E-state index contributed by atoms with van der Waals surface area (Å²) in [6, 6.07) is 14.3. The Morgan fingerprint density at radius 2 is 1.52 bits per heavy atom. The van der Waals surface area contributed by atoms with Crippen molar-refractivity contribution < 1.29 is 27.9 Å². The lowest BCUT2D eigenvalue weighted by Crippen LogP contribution is -2.44. The standard InChI is InChI=1S/C16H12F3NO3/c17-16(18,19)15(23)20(10-14(21)22)13-9-5-4-8-12(13)11-6-2-1-3-7-11/h1-9H,10H2,(H,21,22). The number of alkyl halides is 3. The van der Waals surface area contributed by atoms with Crippen LogP contribution >= 0.6 is 0 Å². The van der Waals surface area contributed by atoms with Crippen LogP contribution in [0.25, 0.3) is 11.1 Å². The molecule has 0 aromatic heterocycles. The van der Waals surface area contributed by atoms with Gasteiger partial charge in [0.15, 0.2) is 0 Å². The van der Waals surface area contributed by atoms with E-state index in [1.807, 2.05) is 0 Å². The molecule has 0 saturated heterocycles. The predicted molar refractivity (Wildman–Crippen MR) is 77.9 cm³/mol. The summed E-state index contributed by atoms with van der Waals surface area (Å²) in [6.45, 7) is -1.08. The molecule has 2 rings (SSSR count). The van der Waals surface area contributed by atoms with Crippen LogP contribution in [0.5, 0.6) is 0 Å². The first kappa shape index (κ1) is 16.5. The van der Waals surface area contributed by atoms with E-state index >= 15 is 0 Å². The van der Waals surface area contributed by atoms with Crippen LogP contribution in [0.1, 0.15) is 0 Å². The third kappa shape index (κ3) is 3.88. The van der Waals surface area contributed by atoms with Gasteiger partial charge < -0.3 is 5.11 Å². The van der Waals surface area contributed by atoms with Crippen LogP contribution < -0.4 is 4.90 Å². The summed E-state index contributed by atoms with van der Waals surface area (Å²) in [5, 5.41) is 8.86. The highest BCUT2D eigenvalue weighted by atomic mass is 19.4. The molecule has 0 fully saturated rings. The van der Waals surface area contributed by atoms with Crippen LogP contribution in [0, 0.1) is 0 Å². The Balaban J connectivity index is 2.56. The third-order valence-corrected chi connectivity index (χ3v) is 3.06. The Kier molecular flexibility index (Phi) is 4.68. The molecule has 4 nitrogen and oxygen atoms in total. The van der Waals surface area contributed by atoms with Crippen LogP contribution in [-0.4, -0.2) is 29.7 Å². The lowest BCUT2D eigenvalue weighted by atomic mass is 10.0. The molecule has 2 aromatic rings. The minimum absolute atomic E-state index is 0.108. The summed E-state index contributed by atoms with van der Waals surface area (Å²) in [4.78, 5) is 22.7. The molecule has 0 saturated carbocycles. The SMILES string of the molecule is O=C(O)CN(C(=O)C(F)(F)F)c1ccccc1-c1ccccc1. The summed E-state index contributed by atoms with van der Waals surface area (Å²) in [5.41, 5.74) is 0.809. The van der Waals surface area contributed by atoms with Gasteiger partial charge in [0.1, 0.15) is 6.54 Å². The first-order chi connectivity index (χ1) is 10.8. The second kappa shape index (κ2) is 6.51. The number of carbonyl (C=O) groups excluding carboxylic acids is 1. The summed E-state index contributed by atoms with van der Waals surface area (Å²) < 4.78 is 38.4. The van der Waals surface area contributed by atoms with Crippen LogP contribution in [0.4, 0.5) is 18.9 Å². The molecule has 0 aliphatic carbocycles. The zero-order chi connectivity index (χ0) is 17.0. The number of anilines is 1. The monoisotopic (exact) mass is 323 g/mol. The molecule has 0 heterocycles. The normalized spacial score (nSPS) is 11.1.